The lowest BCUT2D eigenvalue weighted by atomic mass is 9.77. The van der Waals surface area contributed by atoms with E-state index in [1.165, 1.54) is 13.8 Å². The van der Waals surface area contributed by atoms with Crippen molar-refractivity contribution in [2.24, 2.45) is 11.3 Å². The molecule has 4 nitrogen and oxygen atoms in total. The molecule has 0 bridgehead atoms. The number of hydrogen-bond acceptors (Lipinski definition) is 2. The predicted octanol–water partition coefficient (Wildman–Crippen LogP) is 1.02. The number of hydrogen-bond donors (Lipinski definition) is 2. The average molecular weight is 173 g/mol. The molecule has 0 aliphatic rings. The first-order chi connectivity index (χ1) is 5.34. The van der Waals surface area contributed by atoms with Gasteiger partial charge >= 0.3 is 11.9 Å². The summed E-state index contributed by atoms with van der Waals surface area (Å²) < 4.78 is 0. The highest BCUT2D eigenvalue weighted by Crippen LogP contribution is 2.29. The quantitative estimate of drug-likeness (QED) is 0.665. The molecule has 0 aromatic carbocycles. The molecule has 12 heavy (non-hydrogen) atoms. The molecule has 1 radical (unpaired) electrons. The van der Waals surface area contributed by atoms with Crippen LogP contribution in [0, 0.1) is 18.3 Å². The van der Waals surface area contributed by atoms with Crippen LogP contribution in [0.5, 0.6) is 0 Å². The van der Waals surface area contributed by atoms with Gasteiger partial charge in [-0.05, 0) is 20.3 Å². The van der Waals surface area contributed by atoms with Gasteiger partial charge in [0.2, 0.25) is 0 Å². The monoisotopic (exact) mass is 173 g/mol. The maximum absolute atomic E-state index is 10.6. The van der Waals surface area contributed by atoms with Crippen LogP contribution in [0.4, 0.5) is 0 Å². The third-order valence-electron chi connectivity index (χ3n) is 2.01. The molecule has 0 fully saturated rings. The molecule has 0 aromatic rings. The van der Waals surface area contributed by atoms with E-state index >= 15 is 0 Å². The normalized spacial score (nSPS) is 13.9. The van der Waals surface area contributed by atoms with Gasteiger partial charge in [-0.25, -0.2) is 0 Å². The molecule has 0 rings (SSSR count). The first-order valence-corrected chi connectivity index (χ1v) is 3.59. The summed E-state index contributed by atoms with van der Waals surface area (Å²) in [6.45, 7) is 6.19. The number of carboxylic acids is 2. The number of aliphatic carboxylic acids is 2. The molecule has 2 N–H and O–H groups in total. The van der Waals surface area contributed by atoms with Gasteiger partial charge < -0.3 is 10.2 Å². The summed E-state index contributed by atoms with van der Waals surface area (Å²) in [5.41, 5.74) is -1.26. The van der Waals surface area contributed by atoms with Crippen LogP contribution in [0.3, 0.4) is 0 Å². The van der Waals surface area contributed by atoms with Gasteiger partial charge in [-0.2, -0.15) is 0 Å². The Balaban J connectivity index is 4.71. The summed E-state index contributed by atoms with van der Waals surface area (Å²) in [5, 5.41) is 17.4. The summed E-state index contributed by atoms with van der Waals surface area (Å²) >= 11 is 0. The Morgan fingerprint density at radius 1 is 1.42 bits per heavy atom. The van der Waals surface area contributed by atoms with Gasteiger partial charge in [0.15, 0.2) is 0 Å². The van der Waals surface area contributed by atoms with Gasteiger partial charge in [0.05, 0.1) is 11.3 Å². The van der Waals surface area contributed by atoms with Crippen molar-refractivity contribution in [2.45, 2.75) is 20.3 Å². The molecule has 0 spiro atoms. The first kappa shape index (κ1) is 10.9. The smallest absolute Gasteiger partial charge is 0.309 e. The van der Waals surface area contributed by atoms with Crippen LogP contribution in [0.1, 0.15) is 20.3 Å². The van der Waals surface area contributed by atoms with Crippen LogP contribution in [-0.4, -0.2) is 22.2 Å². The van der Waals surface area contributed by atoms with Crippen LogP contribution >= 0.6 is 0 Å². The van der Waals surface area contributed by atoms with E-state index < -0.39 is 23.3 Å². The zero-order valence-corrected chi connectivity index (χ0v) is 7.20. The van der Waals surface area contributed by atoms with Gasteiger partial charge in [0.1, 0.15) is 0 Å². The fourth-order valence-electron chi connectivity index (χ4n) is 0.942. The Bertz CT molecular complexity index is 195. The van der Waals surface area contributed by atoms with Gasteiger partial charge in [0, 0.05) is 0 Å². The van der Waals surface area contributed by atoms with Crippen molar-refractivity contribution < 1.29 is 19.8 Å². The van der Waals surface area contributed by atoms with E-state index in [1.807, 2.05) is 0 Å². The molecule has 0 aliphatic carbocycles. The van der Waals surface area contributed by atoms with Crippen molar-refractivity contribution in [3.05, 3.63) is 6.92 Å². The van der Waals surface area contributed by atoms with Crippen molar-refractivity contribution in [2.75, 3.05) is 0 Å². The molecule has 0 amide bonds. The van der Waals surface area contributed by atoms with Crippen LogP contribution < -0.4 is 0 Å². The molecule has 0 heterocycles. The molecule has 4 heteroatoms. The van der Waals surface area contributed by atoms with Crippen LogP contribution in [0.2, 0.25) is 0 Å². The number of carbonyl (C=O) groups is 2. The number of rotatable bonds is 4. The van der Waals surface area contributed by atoms with Gasteiger partial charge in [-0.3, -0.25) is 9.59 Å². The lowest BCUT2D eigenvalue weighted by Crippen LogP contribution is -2.37. The van der Waals surface area contributed by atoms with E-state index in [9.17, 15) is 9.59 Å². The fourth-order valence-corrected chi connectivity index (χ4v) is 0.942. The molecular formula is C8H13O4. The Hall–Kier alpha value is -1.06. The Kier molecular flexibility index (Phi) is 3.24. The second-order valence-electron chi connectivity index (χ2n) is 3.21. The third kappa shape index (κ3) is 1.96. The van der Waals surface area contributed by atoms with Gasteiger partial charge in [-0.15, -0.1) is 0 Å². The highest BCUT2D eigenvalue weighted by molar-refractivity contribution is 5.82. The predicted molar refractivity (Wildman–Crippen MR) is 42.5 cm³/mol. The molecule has 1 atom stereocenters. The van der Waals surface area contributed by atoms with E-state index in [-0.39, 0.29) is 6.42 Å². The zero-order valence-electron chi connectivity index (χ0n) is 7.20. The highest BCUT2D eigenvalue weighted by atomic mass is 16.4. The third-order valence-corrected chi connectivity index (χ3v) is 2.01. The van der Waals surface area contributed by atoms with Crippen molar-refractivity contribution >= 4 is 11.9 Å². The summed E-state index contributed by atoms with van der Waals surface area (Å²) in [6.07, 6.45) is 0.0780. The van der Waals surface area contributed by atoms with Crippen molar-refractivity contribution in [1.29, 1.82) is 0 Å². The minimum absolute atomic E-state index is 0.0780. The van der Waals surface area contributed by atoms with Crippen LogP contribution in [-0.2, 0) is 9.59 Å². The Morgan fingerprint density at radius 2 is 1.83 bits per heavy atom. The SMILES string of the molecule is [CH2]CC(C(=O)O)C(C)(C)C(=O)O. The summed E-state index contributed by atoms with van der Waals surface area (Å²) in [6, 6.07) is 0. The van der Waals surface area contributed by atoms with Crippen LogP contribution in [0.25, 0.3) is 0 Å². The highest BCUT2D eigenvalue weighted by Gasteiger charge is 2.40. The molecule has 0 aliphatic heterocycles. The van der Waals surface area contributed by atoms with E-state index in [1.54, 1.807) is 0 Å². The van der Waals surface area contributed by atoms with E-state index in [0.717, 1.165) is 0 Å². The average Bonchev–Trinajstić information content (AvgIpc) is 1.86. The Morgan fingerprint density at radius 3 is 1.92 bits per heavy atom. The minimum atomic E-state index is -1.26. The lowest BCUT2D eigenvalue weighted by Gasteiger charge is -2.25. The summed E-state index contributed by atoms with van der Waals surface area (Å²) in [7, 11) is 0. The van der Waals surface area contributed by atoms with E-state index in [4.69, 9.17) is 10.2 Å². The minimum Gasteiger partial charge on any atom is -0.481 e. The molecule has 0 saturated heterocycles. The molecule has 1 unspecified atom stereocenters. The van der Waals surface area contributed by atoms with E-state index in [0.29, 0.717) is 0 Å². The maximum Gasteiger partial charge on any atom is 0.309 e. The van der Waals surface area contributed by atoms with Crippen molar-refractivity contribution in [1.82, 2.24) is 0 Å². The maximum atomic E-state index is 10.6. The first-order valence-electron chi connectivity index (χ1n) is 3.59. The van der Waals surface area contributed by atoms with Gasteiger partial charge in [0.25, 0.3) is 0 Å². The summed E-state index contributed by atoms with van der Waals surface area (Å²) in [5.74, 6) is -3.16. The second kappa shape index (κ2) is 3.56. The standard InChI is InChI=1S/C8H13O4/c1-4-5(6(9)10)8(2,3)7(11)12/h5H,1,4H2,2-3H3,(H,9,10)(H,11,12). The molecule has 0 aromatic heterocycles. The Labute approximate surface area is 71.2 Å². The van der Waals surface area contributed by atoms with Crippen molar-refractivity contribution in [3.8, 4) is 0 Å². The van der Waals surface area contributed by atoms with Crippen LogP contribution in [0.15, 0.2) is 0 Å². The fraction of sp³-hybridized carbons (Fsp3) is 0.625. The summed E-state index contributed by atoms with van der Waals surface area (Å²) in [4.78, 5) is 21.2. The van der Waals surface area contributed by atoms with Gasteiger partial charge in [-0.1, -0.05) is 6.92 Å². The lowest BCUT2D eigenvalue weighted by molar-refractivity contribution is -0.160. The zero-order chi connectivity index (χ0) is 9.94. The molecular weight excluding hydrogens is 160 g/mol. The van der Waals surface area contributed by atoms with E-state index in [2.05, 4.69) is 6.92 Å². The second-order valence-corrected chi connectivity index (χ2v) is 3.21. The largest absolute Gasteiger partial charge is 0.481 e. The van der Waals surface area contributed by atoms with Crippen molar-refractivity contribution in [3.63, 3.8) is 0 Å². The molecule has 0 saturated carbocycles. The molecule has 69 valence electrons. The topological polar surface area (TPSA) is 74.6 Å². The number of carboxylic acid groups (broad SMARTS) is 2.